The van der Waals surface area contributed by atoms with Gasteiger partial charge in [0.05, 0.1) is 0 Å². The van der Waals surface area contributed by atoms with E-state index in [1.165, 1.54) is 6.21 Å². The van der Waals surface area contributed by atoms with Crippen LogP contribution in [0.25, 0.3) is 0 Å². The van der Waals surface area contributed by atoms with Crippen LogP contribution in [0.2, 0.25) is 0 Å². The lowest BCUT2D eigenvalue weighted by molar-refractivity contribution is 0.0954. The first-order valence-corrected chi connectivity index (χ1v) is 4.76. The lowest BCUT2D eigenvalue weighted by atomic mass is 10.1. The molecule has 0 heterocycles. The number of carbonyl (C=O) groups is 1. The number of nitrogens with one attached hydrogen (secondary N) is 1. The number of amides is 1. The second kappa shape index (κ2) is 5.75. The van der Waals surface area contributed by atoms with E-state index in [9.17, 15) is 4.79 Å². The molecule has 3 heteroatoms. The third-order valence-corrected chi connectivity index (χ3v) is 1.91. The quantitative estimate of drug-likeness (QED) is 0.593. The van der Waals surface area contributed by atoms with Crippen LogP contribution >= 0.6 is 0 Å². The Balaban J connectivity index is 2.66. The summed E-state index contributed by atoms with van der Waals surface area (Å²) in [6.45, 7) is 3.78. The van der Waals surface area contributed by atoms with Gasteiger partial charge in [-0.15, -0.1) is 0 Å². The molecule has 15 heavy (non-hydrogen) atoms. The number of rotatable bonds is 3. The van der Waals surface area contributed by atoms with Gasteiger partial charge in [-0.05, 0) is 31.6 Å². The minimum Gasteiger partial charge on any atom is -0.267 e. The molecule has 0 aromatic heterocycles. The minimum atomic E-state index is -0.186. The lowest BCUT2D eigenvalue weighted by Crippen LogP contribution is -2.18. The van der Waals surface area contributed by atoms with E-state index in [-0.39, 0.29) is 5.91 Å². The first kappa shape index (κ1) is 11.2. The molecule has 1 rings (SSSR count). The van der Waals surface area contributed by atoms with Crippen molar-refractivity contribution in [1.82, 2.24) is 5.43 Å². The number of carbonyl (C=O) groups excluding carboxylic acids is 1. The van der Waals surface area contributed by atoms with Crippen molar-refractivity contribution in [2.24, 2.45) is 5.10 Å². The van der Waals surface area contributed by atoms with Gasteiger partial charge >= 0.3 is 0 Å². The second-order valence-corrected chi connectivity index (χ2v) is 3.06. The van der Waals surface area contributed by atoms with Crippen LogP contribution in [0.3, 0.4) is 0 Å². The van der Waals surface area contributed by atoms with Gasteiger partial charge in [0.2, 0.25) is 0 Å². The van der Waals surface area contributed by atoms with Gasteiger partial charge in [-0.2, -0.15) is 5.10 Å². The van der Waals surface area contributed by atoms with Crippen LogP contribution in [0.1, 0.15) is 22.8 Å². The van der Waals surface area contributed by atoms with E-state index in [2.05, 4.69) is 10.5 Å². The molecule has 0 radical (unpaired) electrons. The number of hydrogen-bond acceptors (Lipinski definition) is 2. The highest BCUT2D eigenvalue weighted by molar-refractivity contribution is 5.95. The molecule has 78 valence electrons. The molecule has 1 N–H and O–H groups in total. The molecule has 3 nitrogen and oxygen atoms in total. The molecule has 0 spiro atoms. The Hall–Kier alpha value is -1.90. The summed E-state index contributed by atoms with van der Waals surface area (Å²) in [5.41, 5.74) is 4.04. The summed E-state index contributed by atoms with van der Waals surface area (Å²) in [5.74, 6) is -0.186. The van der Waals surface area contributed by atoms with Gasteiger partial charge in [-0.3, -0.25) is 4.79 Å². The van der Waals surface area contributed by atoms with Crippen molar-refractivity contribution in [2.75, 3.05) is 0 Å². The normalized spacial score (nSPS) is 11.1. The van der Waals surface area contributed by atoms with E-state index in [1.807, 2.05) is 38.1 Å². The van der Waals surface area contributed by atoms with Crippen molar-refractivity contribution < 1.29 is 4.79 Å². The van der Waals surface area contributed by atoms with Gasteiger partial charge in [0.15, 0.2) is 0 Å². The van der Waals surface area contributed by atoms with Crippen LogP contribution in [-0.2, 0) is 0 Å². The van der Waals surface area contributed by atoms with Crippen molar-refractivity contribution in [1.29, 1.82) is 0 Å². The maximum absolute atomic E-state index is 11.6. The van der Waals surface area contributed by atoms with Crippen LogP contribution in [0.15, 0.2) is 41.5 Å². The molecule has 0 aliphatic carbocycles. The van der Waals surface area contributed by atoms with E-state index < -0.39 is 0 Å². The van der Waals surface area contributed by atoms with Gasteiger partial charge < -0.3 is 0 Å². The van der Waals surface area contributed by atoms with E-state index in [0.717, 1.165) is 5.56 Å². The van der Waals surface area contributed by atoms with E-state index in [1.54, 1.807) is 12.1 Å². The third kappa shape index (κ3) is 3.38. The van der Waals surface area contributed by atoms with Crippen molar-refractivity contribution in [3.8, 4) is 0 Å². The predicted octanol–water partition coefficient (Wildman–Crippen LogP) is 2.29. The molecule has 0 unspecified atom stereocenters. The average molecular weight is 202 g/mol. The Morgan fingerprint density at radius 1 is 1.40 bits per heavy atom. The van der Waals surface area contributed by atoms with Crippen molar-refractivity contribution >= 4 is 12.1 Å². The fourth-order valence-corrected chi connectivity index (χ4v) is 1.11. The lowest BCUT2D eigenvalue weighted by Gasteiger charge is -2.02. The molecular weight excluding hydrogens is 188 g/mol. The third-order valence-electron chi connectivity index (χ3n) is 1.91. The largest absolute Gasteiger partial charge is 0.271 e. The molecule has 0 fully saturated rings. The first-order valence-electron chi connectivity index (χ1n) is 4.76. The average Bonchev–Trinajstić information content (AvgIpc) is 2.25. The highest BCUT2D eigenvalue weighted by atomic mass is 16.2. The summed E-state index contributed by atoms with van der Waals surface area (Å²) < 4.78 is 0. The van der Waals surface area contributed by atoms with Crippen LogP contribution in [0.5, 0.6) is 0 Å². The predicted molar refractivity (Wildman–Crippen MR) is 62.0 cm³/mol. The summed E-state index contributed by atoms with van der Waals surface area (Å²) in [7, 11) is 0. The van der Waals surface area contributed by atoms with Gasteiger partial charge in [0.1, 0.15) is 0 Å². The second-order valence-electron chi connectivity index (χ2n) is 3.06. The molecule has 0 atom stereocenters. The van der Waals surface area contributed by atoms with Crippen molar-refractivity contribution in [3.05, 3.63) is 47.5 Å². The topological polar surface area (TPSA) is 41.5 Å². The maximum Gasteiger partial charge on any atom is 0.271 e. The molecule has 1 aromatic rings. The van der Waals surface area contributed by atoms with Gasteiger partial charge in [0, 0.05) is 11.8 Å². The molecule has 0 saturated heterocycles. The summed E-state index contributed by atoms with van der Waals surface area (Å²) in [6, 6.07) is 7.40. The Morgan fingerprint density at radius 2 is 2.13 bits per heavy atom. The zero-order valence-corrected chi connectivity index (χ0v) is 8.90. The summed E-state index contributed by atoms with van der Waals surface area (Å²) in [6.07, 6.45) is 5.12. The van der Waals surface area contributed by atoms with Crippen molar-refractivity contribution in [3.63, 3.8) is 0 Å². The number of allylic oxidation sites excluding steroid dienone is 2. The van der Waals surface area contributed by atoms with Gasteiger partial charge in [-0.1, -0.05) is 24.3 Å². The number of benzene rings is 1. The zero-order chi connectivity index (χ0) is 11.1. The Kier molecular flexibility index (Phi) is 4.29. The van der Waals surface area contributed by atoms with Gasteiger partial charge in [0.25, 0.3) is 5.91 Å². The van der Waals surface area contributed by atoms with E-state index in [0.29, 0.717) is 5.56 Å². The molecule has 0 bridgehead atoms. The molecule has 0 aliphatic rings. The summed E-state index contributed by atoms with van der Waals surface area (Å²) in [5, 5.41) is 3.77. The molecule has 0 aliphatic heterocycles. The SMILES string of the molecule is CC=CC=NNC(=O)c1ccccc1C. The van der Waals surface area contributed by atoms with Crippen LogP contribution in [0.4, 0.5) is 0 Å². The Morgan fingerprint density at radius 3 is 2.80 bits per heavy atom. The highest BCUT2D eigenvalue weighted by Crippen LogP contribution is 2.05. The maximum atomic E-state index is 11.6. The van der Waals surface area contributed by atoms with E-state index in [4.69, 9.17) is 0 Å². The number of hydrazone groups is 1. The Bertz CT molecular complexity index is 394. The smallest absolute Gasteiger partial charge is 0.267 e. The zero-order valence-electron chi connectivity index (χ0n) is 8.90. The number of nitrogens with zero attached hydrogens (tertiary/aromatic N) is 1. The fourth-order valence-electron chi connectivity index (χ4n) is 1.11. The Labute approximate surface area is 89.5 Å². The minimum absolute atomic E-state index is 0.186. The standard InChI is InChI=1S/C12H14N2O/c1-3-4-9-13-14-12(15)11-8-6-5-7-10(11)2/h3-9H,1-2H3,(H,14,15). The monoisotopic (exact) mass is 202 g/mol. The first-order chi connectivity index (χ1) is 7.25. The van der Waals surface area contributed by atoms with Crippen molar-refractivity contribution in [2.45, 2.75) is 13.8 Å². The van der Waals surface area contributed by atoms with E-state index >= 15 is 0 Å². The van der Waals surface area contributed by atoms with Gasteiger partial charge in [-0.25, -0.2) is 5.43 Å². The molecule has 0 saturated carbocycles. The van der Waals surface area contributed by atoms with Crippen LogP contribution < -0.4 is 5.43 Å². The number of hydrogen-bond donors (Lipinski definition) is 1. The molecule has 1 amide bonds. The van der Waals surface area contributed by atoms with Crippen LogP contribution in [-0.4, -0.2) is 12.1 Å². The van der Waals surface area contributed by atoms with Crippen LogP contribution in [0, 0.1) is 6.92 Å². The molecular formula is C12H14N2O. The fraction of sp³-hybridized carbons (Fsp3) is 0.167. The summed E-state index contributed by atoms with van der Waals surface area (Å²) >= 11 is 0. The highest BCUT2D eigenvalue weighted by Gasteiger charge is 2.05. The number of aryl methyl sites for hydroxylation is 1. The molecule has 1 aromatic carbocycles. The summed E-state index contributed by atoms with van der Waals surface area (Å²) in [4.78, 5) is 11.6.